The van der Waals surface area contributed by atoms with Gasteiger partial charge in [-0.25, -0.2) is 4.79 Å². The third-order valence-electron chi connectivity index (χ3n) is 2.62. The first-order valence-corrected chi connectivity index (χ1v) is 6.51. The lowest BCUT2D eigenvalue weighted by Gasteiger charge is -2.08. The second kappa shape index (κ2) is 5.27. The molecular formula is C11H13NO4S. The van der Waals surface area contributed by atoms with Crippen molar-refractivity contribution in [2.75, 3.05) is 18.1 Å². The molecule has 0 radical (unpaired) electrons. The van der Waals surface area contributed by atoms with Crippen molar-refractivity contribution < 1.29 is 19.1 Å². The zero-order valence-electron chi connectivity index (χ0n) is 9.14. The van der Waals surface area contributed by atoms with Crippen molar-refractivity contribution in [3.63, 3.8) is 0 Å². The maximum Gasteiger partial charge on any atom is 0.371 e. The molecular weight excluding hydrogens is 242 g/mol. The number of carbonyl (C=O) groups excluding carboxylic acids is 1. The van der Waals surface area contributed by atoms with Crippen LogP contribution in [-0.4, -0.2) is 35.0 Å². The van der Waals surface area contributed by atoms with Gasteiger partial charge in [0.15, 0.2) is 5.76 Å². The Morgan fingerprint density at radius 1 is 1.47 bits per heavy atom. The Kier molecular flexibility index (Phi) is 3.73. The molecule has 0 bridgehead atoms. The number of amides is 1. The van der Waals surface area contributed by atoms with E-state index in [1.165, 1.54) is 12.1 Å². The Balaban J connectivity index is 1.87. The van der Waals surface area contributed by atoms with Gasteiger partial charge in [-0.15, -0.1) is 0 Å². The van der Waals surface area contributed by atoms with Crippen molar-refractivity contribution in [2.45, 2.75) is 6.42 Å². The van der Waals surface area contributed by atoms with Gasteiger partial charge in [-0.3, -0.25) is 4.79 Å². The number of nitrogens with one attached hydrogen (secondary N) is 1. The first kappa shape index (κ1) is 12.0. The molecule has 5 nitrogen and oxygen atoms in total. The molecule has 0 aliphatic carbocycles. The molecule has 2 rings (SSSR count). The Morgan fingerprint density at radius 3 is 2.82 bits per heavy atom. The predicted octanol–water partition coefficient (Wildman–Crippen LogP) is 1.46. The molecule has 0 spiro atoms. The number of hydrogen-bond acceptors (Lipinski definition) is 4. The highest BCUT2D eigenvalue weighted by Crippen LogP contribution is 2.22. The van der Waals surface area contributed by atoms with Crippen LogP contribution in [0, 0.1) is 5.92 Å². The van der Waals surface area contributed by atoms with E-state index in [1.54, 1.807) is 0 Å². The van der Waals surface area contributed by atoms with Crippen LogP contribution in [0.1, 0.15) is 27.5 Å². The molecule has 92 valence electrons. The van der Waals surface area contributed by atoms with Gasteiger partial charge in [0.1, 0.15) is 0 Å². The summed E-state index contributed by atoms with van der Waals surface area (Å²) in [5, 5.41) is 11.4. The van der Waals surface area contributed by atoms with E-state index in [0.29, 0.717) is 12.5 Å². The first-order valence-electron chi connectivity index (χ1n) is 5.36. The summed E-state index contributed by atoms with van der Waals surface area (Å²) < 4.78 is 4.91. The molecule has 0 saturated carbocycles. The van der Waals surface area contributed by atoms with Gasteiger partial charge in [-0.1, -0.05) is 0 Å². The first-order chi connectivity index (χ1) is 8.16. The molecule has 1 aliphatic rings. The summed E-state index contributed by atoms with van der Waals surface area (Å²) in [5.41, 5.74) is 0. The van der Waals surface area contributed by atoms with Crippen molar-refractivity contribution in [1.82, 2.24) is 5.32 Å². The van der Waals surface area contributed by atoms with Crippen LogP contribution in [0.15, 0.2) is 16.5 Å². The highest BCUT2D eigenvalue weighted by Gasteiger charge is 2.18. The number of aromatic carboxylic acids is 1. The third kappa shape index (κ3) is 3.03. The Labute approximate surface area is 103 Å². The van der Waals surface area contributed by atoms with E-state index in [-0.39, 0.29) is 17.4 Å². The molecule has 1 atom stereocenters. The predicted molar refractivity (Wildman–Crippen MR) is 63.4 cm³/mol. The minimum absolute atomic E-state index is 0.0491. The minimum atomic E-state index is -1.17. The number of thioether (sulfide) groups is 1. The van der Waals surface area contributed by atoms with E-state index in [4.69, 9.17) is 9.52 Å². The number of carboxylic acid groups (broad SMARTS) is 1. The number of rotatable bonds is 4. The summed E-state index contributed by atoms with van der Waals surface area (Å²) in [4.78, 5) is 22.2. The fourth-order valence-electron chi connectivity index (χ4n) is 1.64. The topological polar surface area (TPSA) is 79.5 Å². The molecule has 1 aromatic rings. The fourth-order valence-corrected chi connectivity index (χ4v) is 2.93. The number of carboxylic acids is 1. The molecule has 1 aromatic heterocycles. The summed E-state index contributed by atoms with van der Waals surface area (Å²) in [6, 6.07) is 2.66. The highest BCUT2D eigenvalue weighted by molar-refractivity contribution is 7.99. The molecule has 1 fully saturated rings. The molecule has 2 N–H and O–H groups in total. The van der Waals surface area contributed by atoms with E-state index in [1.807, 2.05) is 11.8 Å². The number of hydrogen-bond donors (Lipinski definition) is 2. The van der Waals surface area contributed by atoms with Gasteiger partial charge in [0, 0.05) is 6.54 Å². The average molecular weight is 255 g/mol. The fraction of sp³-hybridized carbons (Fsp3) is 0.455. The van der Waals surface area contributed by atoms with Gasteiger partial charge in [-0.2, -0.15) is 11.8 Å². The molecule has 0 aromatic carbocycles. The van der Waals surface area contributed by atoms with Gasteiger partial charge in [0.05, 0.1) is 0 Å². The van der Waals surface area contributed by atoms with E-state index < -0.39 is 5.97 Å². The average Bonchev–Trinajstić information content (AvgIpc) is 2.96. The molecule has 1 saturated heterocycles. The van der Waals surface area contributed by atoms with Crippen molar-refractivity contribution in [1.29, 1.82) is 0 Å². The zero-order valence-corrected chi connectivity index (χ0v) is 9.96. The van der Waals surface area contributed by atoms with Crippen molar-refractivity contribution in [3.8, 4) is 0 Å². The lowest BCUT2D eigenvalue weighted by atomic mass is 10.1. The van der Waals surface area contributed by atoms with Crippen LogP contribution in [0.3, 0.4) is 0 Å². The summed E-state index contributed by atoms with van der Waals surface area (Å²) >= 11 is 1.89. The van der Waals surface area contributed by atoms with Gasteiger partial charge in [0.25, 0.3) is 5.91 Å². The smallest absolute Gasteiger partial charge is 0.371 e. The Morgan fingerprint density at radius 2 is 2.24 bits per heavy atom. The van der Waals surface area contributed by atoms with Crippen molar-refractivity contribution in [2.24, 2.45) is 5.92 Å². The molecule has 1 aliphatic heterocycles. The van der Waals surface area contributed by atoms with Crippen molar-refractivity contribution in [3.05, 3.63) is 23.7 Å². The quantitative estimate of drug-likeness (QED) is 0.851. The lowest BCUT2D eigenvalue weighted by Crippen LogP contribution is -2.28. The lowest BCUT2D eigenvalue weighted by molar-refractivity contribution is 0.0659. The van der Waals surface area contributed by atoms with Crippen LogP contribution >= 0.6 is 11.8 Å². The van der Waals surface area contributed by atoms with Gasteiger partial charge in [0.2, 0.25) is 5.76 Å². The van der Waals surface area contributed by atoms with E-state index in [9.17, 15) is 9.59 Å². The molecule has 2 heterocycles. The number of furan rings is 1. The molecule has 6 heteroatoms. The van der Waals surface area contributed by atoms with Crippen LogP contribution in [0.25, 0.3) is 0 Å². The van der Waals surface area contributed by atoms with Gasteiger partial charge in [-0.05, 0) is 36.0 Å². The van der Waals surface area contributed by atoms with E-state index in [2.05, 4.69) is 5.32 Å². The van der Waals surface area contributed by atoms with E-state index >= 15 is 0 Å². The second-order valence-corrected chi connectivity index (χ2v) is 5.06. The van der Waals surface area contributed by atoms with Gasteiger partial charge < -0.3 is 14.8 Å². The van der Waals surface area contributed by atoms with Crippen LogP contribution in [0.5, 0.6) is 0 Å². The summed E-state index contributed by atoms with van der Waals surface area (Å²) in [7, 11) is 0. The molecule has 17 heavy (non-hydrogen) atoms. The maximum absolute atomic E-state index is 11.6. The molecule has 1 amide bonds. The summed E-state index contributed by atoms with van der Waals surface area (Å²) in [6.07, 6.45) is 1.11. The Hall–Kier alpha value is -1.43. The zero-order chi connectivity index (χ0) is 12.3. The maximum atomic E-state index is 11.6. The standard InChI is InChI=1S/C11H13NO4S/c13-10(12-5-7-3-4-17-6-7)8-1-2-9(16-8)11(14)15/h1-2,7H,3-6H2,(H,12,13)(H,14,15). The normalized spacial score (nSPS) is 19.2. The van der Waals surface area contributed by atoms with Crippen molar-refractivity contribution >= 4 is 23.6 Å². The van der Waals surface area contributed by atoms with E-state index in [0.717, 1.165) is 17.9 Å². The molecule has 1 unspecified atom stereocenters. The highest BCUT2D eigenvalue weighted by atomic mass is 32.2. The number of carbonyl (C=O) groups is 2. The van der Waals surface area contributed by atoms with Crippen LogP contribution < -0.4 is 5.32 Å². The second-order valence-electron chi connectivity index (χ2n) is 3.91. The van der Waals surface area contributed by atoms with Crippen LogP contribution in [-0.2, 0) is 0 Å². The SMILES string of the molecule is O=C(O)c1ccc(C(=O)NCC2CCSC2)o1. The summed E-state index contributed by atoms with van der Waals surface area (Å²) in [6.45, 7) is 0.620. The monoisotopic (exact) mass is 255 g/mol. The minimum Gasteiger partial charge on any atom is -0.475 e. The summed E-state index contributed by atoms with van der Waals surface area (Å²) in [5.74, 6) is 1.03. The third-order valence-corrected chi connectivity index (χ3v) is 3.85. The Bertz CT molecular complexity index is 423. The van der Waals surface area contributed by atoms with Gasteiger partial charge >= 0.3 is 5.97 Å². The van der Waals surface area contributed by atoms with Crippen LogP contribution in [0.2, 0.25) is 0 Å². The largest absolute Gasteiger partial charge is 0.475 e. The van der Waals surface area contributed by atoms with Crippen LogP contribution in [0.4, 0.5) is 0 Å².